The number of nitrogens with zero attached hydrogens (tertiary/aromatic N) is 4. The van der Waals surface area contributed by atoms with Crippen molar-refractivity contribution < 1.29 is 9.59 Å². The fourth-order valence-electron chi connectivity index (χ4n) is 5.01. The number of benzene rings is 2. The second-order valence-electron chi connectivity index (χ2n) is 9.47. The zero-order chi connectivity index (χ0) is 24.0. The van der Waals surface area contributed by atoms with Crippen LogP contribution in [-0.2, 0) is 9.59 Å². The molecule has 0 atom stereocenters. The zero-order valence-electron chi connectivity index (χ0n) is 20.1. The molecule has 180 valence electrons. The second kappa shape index (κ2) is 10.7. The van der Waals surface area contributed by atoms with E-state index in [1.807, 2.05) is 87.4 Å². The van der Waals surface area contributed by atoms with Crippen LogP contribution in [0, 0.1) is 5.92 Å². The Morgan fingerprint density at radius 3 is 2.20 bits per heavy atom. The van der Waals surface area contributed by atoms with E-state index in [-0.39, 0.29) is 11.8 Å². The summed E-state index contributed by atoms with van der Waals surface area (Å²) in [4.78, 5) is 29.3. The molecule has 0 spiro atoms. The molecular formula is C29H32N4O2. The Balaban J connectivity index is 1.25. The van der Waals surface area contributed by atoms with Crippen molar-refractivity contribution in [1.29, 1.82) is 0 Å². The summed E-state index contributed by atoms with van der Waals surface area (Å²) in [7, 11) is 0. The highest BCUT2D eigenvalue weighted by Gasteiger charge is 2.26. The molecule has 2 aliphatic rings. The molecule has 3 heterocycles. The minimum atomic E-state index is 0.0146. The van der Waals surface area contributed by atoms with Crippen molar-refractivity contribution >= 4 is 17.9 Å². The number of carbonyl (C=O) groups is 2. The van der Waals surface area contributed by atoms with Gasteiger partial charge in [0.15, 0.2) is 0 Å². The molecule has 0 unspecified atom stereocenters. The minimum absolute atomic E-state index is 0.0146. The highest BCUT2D eigenvalue weighted by molar-refractivity contribution is 5.93. The third kappa shape index (κ3) is 5.53. The molecule has 1 aromatic heterocycles. The number of carbonyl (C=O) groups excluding carboxylic acids is 2. The van der Waals surface area contributed by atoms with Gasteiger partial charge in [-0.15, -0.1) is 0 Å². The molecule has 5 rings (SSSR count). The molecule has 0 aliphatic carbocycles. The van der Waals surface area contributed by atoms with Gasteiger partial charge in [0, 0.05) is 56.0 Å². The Labute approximate surface area is 206 Å². The number of para-hydroxylation sites is 1. The summed E-state index contributed by atoms with van der Waals surface area (Å²) in [6.07, 6.45) is 10.2. The molecular weight excluding hydrogens is 436 g/mol. The number of hydrogen-bond donors (Lipinski definition) is 0. The van der Waals surface area contributed by atoms with Gasteiger partial charge in [0.2, 0.25) is 11.8 Å². The molecule has 6 nitrogen and oxygen atoms in total. The number of rotatable bonds is 6. The van der Waals surface area contributed by atoms with Gasteiger partial charge in [-0.1, -0.05) is 48.5 Å². The van der Waals surface area contributed by atoms with Crippen molar-refractivity contribution in [3.05, 3.63) is 78.5 Å². The lowest BCUT2D eigenvalue weighted by atomic mass is 9.93. The first-order valence-electron chi connectivity index (χ1n) is 12.6. The summed E-state index contributed by atoms with van der Waals surface area (Å²) in [6.45, 7) is 3.23. The average molecular weight is 469 g/mol. The van der Waals surface area contributed by atoms with Crippen LogP contribution in [0.25, 0.3) is 23.0 Å². The summed E-state index contributed by atoms with van der Waals surface area (Å²) >= 11 is 0. The van der Waals surface area contributed by atoms with E-state index in [9.17, 15) is 9.59 Å². The predicted molar refractivity (Wildman–Crippen MR) is 138 cm³/mol. The van der Waals surface area contributed by atoms with Crippen LogP contribution in [-0.4, -0.2) is 57.6 Å². The molecule has 35 heavy (non-hydrogen) atoms. The molecule has 3 aromatic rings. The van der Waals surface area contributed by atoms with Gasteiger partial charge in [0.05, 0.1) is 11.4 Å². The fourth-order valence-corrected chi connectivity index (χ4v) is 5.01. The SMILES string of the molecule is O=C(/C=C/c1cn(-c2ccccc2)nc1-c1ccccc1)N1CCC(CC(=O)N2CCCC2)CC1. The fraction of sp³-hybridized carbons (Fsp3) is 0.345. The lowest BCUT2D eigenvalue weighted by Crippen LogP contribution is -2.39. The van der Waals surface area contributed by atoms with E-state index in [1.54, 1.807) is 6.08 Å². The Morgan fingerprint density at radius 1 is 0.857 bits per heavy atom. The highest BCUT2D eigenvalue weighted by atomic mass is 16.2. The van der Waals surface area contributed by atoms with Crippen LogP contribution in [0.5, 0.6) is 0 Å². The molecule has 2 fully saturated rings. The first-order valence-corrected chi connectivity index (χ1v) is 12.6. The molecule has 2 aliphatic heterocycles. The summed E-state index contributed by atoms with van der Waals surface area (Å²) in [5.41, 5.74) is 3.73. The van der Waals surface area contributed by atoms with E-state index < -0.39 is 0 Å². The number of hydrogen-bond acceptors (Lipinski definition) is 3. The monoisotopic (exact) mass is 468 g/mol. The van der Waals surface area contributed by atoms with Crippen LogP contribution < -0.4 is 0 Å². The van der Waals surface area contributed by atoms with Crippen LogP contribution in [0.2, 0.25) is 0 Å². The molecule has 2 saturated heterocycles. The van der Waals surface area contributed by atoms with Crippen molar-refractivity contribution in [3.63, 3.8) is 0 Å². The van der Waals surface area contributed by atoms with E-state index in [4.69, 9.17) is 5.10 Å². The molecule has 0 N–H and O–H groups in total. The van der Waals surface area contributed by atoms with Gasteiger partial charge in [0.1, 0.15) is 0 Å². The molecule has 0 radical (unpaired) electrons. The highest BCUT2D eigenvalue weighted by Crippen LogP contribution is 2.26. The van der Waals surface area contributed by atoms with Gasteiger partial charge < -0.3 is 9.80 Å². The number of likely N-dealkylation sites (tertiary alicyclic amines) is 2. The van der Waals surface area contributed by atoms with Crippen LogP contribution in [0.15, 0.2) is 72.9 Å². The smallest absolute Gasteiger partial charge is 0.246 e. The van der Waals surface area contributed by atoms with Gasteiger partial charge in [-0.05, 0) is 49.8 Å². The third-order valence-corrected chi connectivity index (χ3v) is 7.06. The first kappa shape index (κ1) is 23.1. The van der Waals surface area contributed by atoms with Crippen LogP contribution in [0.1, 0.15) is 37.7 Å². The van der Waals surface area contributed by atoms with Crippen LogP contribution in [0.3, 0.4) is 0 Å². The zero-order valence-corrected chi connectivity index (χ0v) is 20.1. The van der Waals surface area contributed by atoms with E-state index in [1.165, 1.54) is 0 Å². The molecule has 2 amide bonds. The largest absolute Gasteiger partial charge is 0.343 e. The summed E-state index contributed by atoms with van der Waals surface area (Å²) < 4.78 is 1.86. The lowest BCUT2D eigenvalue weighted by molar-refractivity contribution is -0.131. The van der Waals surface area contributed by atoms with Crippen molar-refractivity contribution in [3.8, 4) is 16.9 Å². The molecule has 0 bridgehead atoms. The van der Waals surface area contributed by atoms with E-state index in [0.717, 1.165) is 61.3 Å². The van der Waals surface area contributed by atoms with E-state index in [0.29, 0.717) is 25.4 Å². The maximum atomic E-state index is 13.0. The van der Waals surface area contributed by atoms with Crippen molar-refractivity contribution in [2.45, 2.75) is 32.1 Å². The van der Waals surface area contributed by atoms with Gasteiger partial charge in [0.25, 0.3) is 0 Å². The normalized spacial score (nSPS) is 16.8. The molecule has 2 aromatic carbocycles. The third-order valence-electron chi connectivity index (χ3n) is 7.06. The molecule has 6 heteroatoms. The number of aromatic nitrogens is 2. The maximum absolute atomic E-state index is 13.0. The van der Waals surface area contributed by atoms with Crippen molar-refractivity contribution in [1.82, 2.24) is 19.6 Å². The standard InChI is InChI=1S/C29H32N4O2/c34-27(32-19-15-23(16-20-32)21-28(35)31-17-7-8-18-31)14-13-25-22-33(26-11-5-2-6-12-26)30-29(25)24-9-3-1-4-10-24/h1-6,9-14,22-23H,7-8,15-21H2/b14-13+. The topological polar surface area (TPSA) is 58.4 Å². The predicted octanol–water partition coefficient (Wildman–Crippen LogP) is 4.80. The van der Waals surface area contributed by atoms with E-state index >= 15 is 0 Å². The lowest BCUT2D eigenvalue weighted by Gasteiger charge is -2.31. The number of amides is 2. The summed E-state index contributed by atoms with van der Waals surface area (Å²) in [5, 5.41) is 4.82. The first-order chi connectivity index (χ1) is 17.2. The van der Waals surface area contributed by atoms with Gasteiger partial charge in [-0.2, -0.15) is 5.10 Å². The van der Waals surface area contributed by atoms with Gasteiger partial charge in [-0.25, -0.2) is 4.68 Å². The van der Waals surface area contributed by atoms with Crippen LogP contribution in [0.4, 0.5) is 0 Å². The summed E-state index contributed by atoms with van der Waals surface area (Å²) in [6, 6.07) is 20.0. The summed E-state index contributed by atoms with van der Waals surface area (Å²) in [5.74, 6) is 0.682. The van der Waals surface area contributed by atoms with Gasteiger partial charge in [-0.3, -0.25) is 9.59 Å². The van der Waals surface area contributed by atoms with Crippen molar-refractivity contribution in [2.75, 3.05) is 26.2 Å². The quantitative estimate of drug-likeness (QED) is 0.488. The van der Waals surface area contributed by atoms with E-state index in [2.05, 4.69) is 0 Å². The molecule has 0 saturated carbocycles. The Kier molecular flexibility index (Phi) is 7.07. The maximum Gasteiger partial charge on any atom is 0.246 e. The van der Waals surface area contributed by atoms with Crippen LogP contribution >= 0.6 is 0 Å². The Morgan fingerprint density at radius 2 is 1.51 bits per heavy atom. The average Bonchev–Trinajstić information content (AvgIpc) is 3.60. The van der Waals surface area contributed by atoms with Crippen molar-refractivity contribution in [2.24, 2.45) is 5.92 Å². The van der Waals surface area contributed by atoms with Gasteiger partial charge >= 0.3 is 0 Å². The Hall–Kier alpha value is -3.67. The Bertz CT molecular complexity index is 1170. The number of piperidine rings is 1. The second-order valence-corrected chi connectivity index (χ2v) is 9.47. The minimum Gasteiger partial charge on any atom is -0.343 e.